The standard InChI is InChI=1S/C21H23N5O2S/c27-29(28,20-4-3-10-22-16-20)24-19-8-6-18(7-9-19)17-25-12-14-26(15-13-25)21-5-1-2-11-23-21/h1-11,16,24H,12-15,17H2. The summed E-state index contributed by atoms with van der Waals surface area (Å²) in [7, 11) is -3.62. The Kier molecular flexibility index (Phi) is 5.73. The average Bonchev–Trinajstić information content (AvgIpc) is 2.77. The summed E-state index contributed by atoms with van der Waals surface area (Å²) >= 11 is 0. The van der Waals surface area contributed by atoms with E-state index in [0.717, 1.165) is 44.1 Å². The van der Waals surface area contributed by atoms with Gasteiger partial charge in [-0.25, -0.2) is 13.4 Å². The summed E-state index contributed by atoms with van der Waals surface area (Å²) in [5.74, 6) is 1.03. The van der Waals surface area contributed by atoms with E-state index in [0.29, 0.717) is 5.69 Å². The van der Waals surface area contributed by atoms with Gasteiger partial charge in [-0.05, 0) is 42.0 Å². The smallest absolute Gasteiger partial charge is 0.263 e. The normalized spacial score (nSPS) is 15.2. The molecule has 0 atom stereocenters. The number of hydrogen-bond donors (Lipinski definition) is 1. The van der Waals surface area contributed by atoms with Crippen molar-refractivity contribution in [1.82, 2.24) is 14.9 Å². The molecule has 0 bridgehead atoms. The monoisotopic (exact) mass is 409 g/mol. The highest BCUT2D eigenvalue weighted by Crippen LogP contribution is 2.18. The molecule has 4 rings (SSSR count). The molecule has 0 amide bonds. The third-order valence-electron chi connectivity index (χ3n) is 4.90. The van der Waals surface area contributed by atoms with Crippen molar-refractivity contribution in [3.8, 4) is 0 Å². The Morgan fingerprint density at radius 3 is 2.34 bits per heavy atom. The Labute approximate surface area is 171 Å². The van der Waals surface area contributed by atoms with Crippen molar-refractivity contribution < 1.29 is 8.42 Å². The zero-order valence-corrected chi connectivity index (χ0v) is 16.8. The van der Waals surface area contributed by atoms with E-state index < -0.39 is 10.0 Å². The first-order valence-electron chi connectivity index (χ1n) is 9.50. The molecule has 3 aromatic rings. The third-order valence-corrected chi connectivity index (χ3v) is 6.27. The maximum absolute atomic E-state index is 12.4. The lowest BCUT2D eigenvalue weighted by atomic mass is 10.2. The van der Waals surface area contributed by atoms with E-state index in [1.807, 2.05) is 36.5 Å². The second-order valence-corrected chi connectivity index (χ2v) is 8.62. The molecule has 1 aliphatic rings. The predicted octanol–water partition coefficient (Wildman–Crippen LogP) is 2.60. The first-order valence-corrected chi connectivity index (χ1v) is 11.0. The Hall–Kier alpha value is -2.97. The van der Waals surface area contributed by atoms with Crippen LogP contribution in [0.25, 0.3) is 0 Å². The minimum atomic E-state index is -3.62. The van der Waals surface area contributed by atoms with E-state index in [4.69, 9.17) is 0 Å². The fourth-order valence-corrected chi connectivity index (χ4v) is 4.35. The maximum atomic E-state index is 12.4. The SMILES string of the molecule is O=S(=O)(Nc1ccc(CN2CCN(c3ccccn3)CC2)cc1)c1cccnc1. The number of piperazine rings is 1. The molecule has 1 N–H and O–H groups in total. The molecule has 7 nitrogen and oxygen atoms in total. The molecule has 1 aromatic carbocycles. The number of nitrogens with zero attached hydrogens (tertiary/aromatic N) is 4. The first kappa shape index (κ1) is 19.4. The summed E-state index contributed by atoms with van der Waals surface area (Å²) in [6.45, 7) is 4.66. The second-order valence-electron chi connectivity index (χ2n) is 6.94. The molecule has 0 spiro atoms. The van der Waals surface area contributed by atoms with Gasteiger partial charge in [0.15, 0.2) is 0 Å². The number of aromatic nitrogens is 2. The van der Waals surface area contributed by atoms with Crippen LogP contribution in [0.2, 0.25) is 0 Å². The lowest BCUT2D eigenvalue weighted by Crippen LogP contribution is -2.46. The van der Waals surface area contributed by atoms with Gasteiger partial charge >= 0.3 is 0 Å². The van der Waals surface area contributed by atoms with E-state index in [2.05, 4.69) is 24.5 Å². The highest BCUT2D eigenvalue weighted by Gasteiger charge is 2.18. The maximum Gasteiger partial charge on any atom is 0.263 e. The number of benzene rings is 1. The van der Waals surface area contributed by atoms with Crippen LogP contribution in [0.3, 0.4) is 0 Å². The molecule has 1 fully saturated rings. The van der Waals surface area contributed by atoms with Crippen molar-refractivity contribution in [2.75, 3.05) is 35.8 Å². The Morgan fingerprint density at radius 1 is 0.897 bits per heavy atom. The van der Waals surface area contributed by atoms with Gasteiger partial charge in [-0.2, -0.15) is 0 Å². The number of sulfonamides is 1. The van der Waals surface area contributed by atoms with Crippen molar-refractivity contribution in [2.24, 2.45) is 0 Å². The molecule has 1 saturated heterocycles. The van der Waals surface area contributed by atoms with Crippen LogP contribution in [0.15, 0.2) is 78.1 Å². The van der Waals surface area contributed by atoms with E-state index in [9.17, 15) is 8.42 Å². The minimum Gasteiger partial charge on any atom is -0.354 e. The summed E-state index contributed by atoms with van der Waals surface area (Å²) in [6, 6.07) is 16.6. The van der Waals surface area contributed by atoms with E-state index in [1.54, 1.807) is 24.4 Å². The van der Waals surface area contributed by atoms with Crippen LogP contribution in [0.5, 0.6) is 0 Å². The van der Waals surface area contributed by atoms with E-state index in [-0.39, 0.29) is 4.90 Å². The highest BCUT2D eigenvalue weighted by molar-refractivity contribution is 7.92. The number of anilines is 2. The van der Waals surface area contributed by atoms with Crippen LogP contribution in [0.4, 0.5) is 11.5 Å². The first-order chi connectivity index (χ1) is 14.1. The molecule has 0 saturated carbocycles. The fraction of sp³-hybridized carbons (Fsp3) is 0.238. The van der Waals surface area contributed by atoms with Crippen LogP contribution in [-0.4, -0.2) is 49.5 Å². The van der Waals surface area contributed by atoms with E-state index >= 15 is 0 Å². The molecule has 150 valence electrons. The fourth-order valence-electron chi connectivity index (χ4n) is 3.33. The number of hydrogen-bond acceptors (Lipinski definition) is 6. The second kappa shape index (κ2) is 8.59. The zero-order valence-electron chi connectivity index (χ0n) is 16.0. The Bertz CT molecular complexity index is 1020. The van der Waals surface area contributed by atoms with Crippen molar-refractivity contribution in [3.05, 3.63) is 78.8 Å². The van der Waals surface area contributed by atoms with Gasteiger partial charge in [0.1, 0.15) is 10.7 Å². The largest absolute Gasteiger partial charge is 0.354 e. The van der Waals surface area contributed by atoms with Crippen LogP contribution in [0, 0.1) is 0 Å². The summed E-state index contributed by atoms with van der Waals surface area (Å²) in [4.78, 5) is 13.1. The van der Waals surface area contributed by atoms with Crippen molar-refractivity contribution >= 4 is 21.5 Å². The average molecular weight is 410 g/mol. The van der Waals surface area contributed by atoms with Crippen LogP contribution >= 0.6 is 0 Å². The molecular weight excluding hydrogens is 386 g/mol. The summed E-state index contributed by atoms with van der Waals surface area (Å²) in [6.07, 6.45) is 4.71. The minimum absolute atomic E-state index is 0.148. The van der Waals surface area contributed by atoms with Gasteiger partial charge in [0.2, 0.25) is 0 Å². The summed E-state index contributed by atoms with van der Waals surface area (Å²) in [5.41, 5.74) is 1.69. The number of rotatable bonds is 6. The van der Waals surface area contributed by atoms with Gasteiger partial charge in [-0.1, -0.05) is 18.2 Å². The van der Waals surface area contributed by atoms with Crippen LogP contribution in [-0.2, 0) is 16.6 Å². The number of nitrogens with one attached hydrogen (secondary N) is 1. The molecule has 8 heteroatoms. The van der Waals surface area contributed by atoms with Gasteiger partial charge in [0, 0.05) is 57.0 Å². The van der Waals surface area contributed by atoms with Crippen molar-refractivity contribution in [3.63, 3.8) is 0 Å². The van der Waals surface area contributed by atoms with Gasteiger partial charge in [-0.15, -0.1) is 0 Å². The zero-order chi connectivity index (χ0) is 20.1. The van der Waals surface area contributed by atoms with Gasteiger partial charge in [-0.3, -0.25) is 14.6 Å². The molecule has 29 heavy (non-hydrogen) atoms. The topological polar surface area (TPSA) is 78.4 Å². The highest BCUT2D eigenvalue weighted by atomic mass is 32.2. The predicted molar refractivity (Wildman–Crippen MR) is 113 cm³/mol. The molecule has 1 aliphatic heterocycles. The number of pyridine rings is 2. The molecule has 0 radical (unpaired) electrons. The molecule has 2 aromatic heterocycles. The van der Waals surface area contributed by atoms with Gasteiger partial charge in [0.25, 0.3) is 10.0 Å². The van der Waals surface area contributed by atoms with E-state index in [1.165, 1.54) is 12.3 Å². The quantitative estimate of drug-likeness (QED) is 0.674. The van der Waals surface area contributed by atoms with Crippen molar-refractivity contribution in [1.29, 1.82) is 0 Å². The van der Waals surface area contributed by atoms with Crippen LogP contribution < -0.4 is 9.62 Å². The van der Waals surface area contributed by atoms with Crippen LogP contribution in [0.1, 0.15) is 5.56 Å². The molecule has 0 unspecified atom stereocenters. The van der Waals surface area contributed by atoms with Gasteiger partial charge < -0.3 is 4.90 Å². The Morgan fingerprint density at radius 2 is 1.69 bits per heavy atom. The molecule has 3 heterocycles. The summed E-state index contributed by atoms with van der Waals surface area (Å²) < 4.78 is 27.4. The molecule has 0 aliphatic carbocycles. The third kappa shape index (κ3) is 4.90. The summed E-state index contributed by atoms with van der Waals surface area (Å²) in [5, 5.41) is 0. The van der Waals surface area contributed by atoms with Gasteiger partial charge in [0.05, 0.1) is 0 Å². The van der Waals surface area contributed by atoms with Crippen molar-refractivity contribution in [2.45, 2.75) is 11.4 Å². The molecular formula is C21H23N5O2S. The lowest BCUT2D eigenvalue weighted by Gasteiger charge is -2.35. The Balaban J connectivity index is 1.32. The lowest BCUT2D eigenvalue weighted by molar-refractivity contribution is 0.249.